The van der Waals surface area contributed by atoms with E-state index in [-0.39, 0.29) is 0 Å². The van der Waals surface area contributed by atoms with Crippen LogP contribution in [-0.2, 0) is 4.74 Å². The number of hydrogen-bond donors (Lipinski definition) is 0. The Kier molecular flexibility index (Phi) is 19.6. The van der Waals surface area contributed by atoms with Crippen LogP contribution in [0.2, 0.25) is 0 Å². The first-order valence-corrected chi connectivity index (χ1v) is 9.83. The standard InChI is InChI=1S/C21H40O/c1-3-5-7-9-11-13-15-17-19-21-22-20-18-16-14-12-10-8-6-4-2/h17-20H,3-16,21H2,1-2H3/b19-17+,20-18+. The van der Waals surface area contributed by atoms with Crippen LogP contribution >= 0.6 is 0 Å². The molecule has 0 radical (unpaired) electrons. The van der Waals surface area contributed by atoms with E-state index in [2.05, 4.69) is 32.1 Å². The lowest BCUT2D eigenvalue weighted by Gasteiger charge is -1.99. The van der Waals surface area contributed by atoms with E-state index in [1.807, 2.05) is 6.26 Å². The Labute approximate surface area is 140 Å². The summed E-state index contributed by atoms with van der Waals surface area (Å²) in [6.45, 7) is 5.26. The first-order valence-electron chi connectivity index (χ1n) is 9.83. The second-order valence-corrected chi connectivity index (χ2v) is 6.29. The van der Waals surface area contributed by atoms with Gasteiger partial charge in [0.15, 0.2) is 0 Å². The minimum absolute atomic E-state index is 0.725. The minimum Gasteiger partial charge on any atom is -0.497 e. The Hall–Kier alpha value is -0.720. The zero-order valence-corrected chi connectivity index (χ0v) is 15.3. The molecule has 0 amide bonds. The van der Waals surface area contributed by atoms with E-state index in [9.17, 15) is 0 Å². The van der Waals surface area contributed by atoms with Gasteiger partial charge in [-0.2, -0.15) is 0 Å². The van der Waals surface area contributed by atoms with Crippen molar-refractivity contribution in [3.63, 3.8) is 0 Å². The van der Waals surface area contributed by atoms with E-state index in [1.165, 1.54) is 83.5 Å². The summed E-state index contributed by atoms with van der Waals surface area (Å²) in [5, 5.41) is 0. The van der Waals surface area contributed by atoms with Crippen molar-refractivity contribution in [2.24, 2.45) is 0 Å². The highest BCUT2D eigenvalue weighted by Crippen LogP contribution is 2.08. The molecule has 0 aromatic carbocycles. The van der Waals surface area contributed by atoms with Crippen LogP contribution in [0, 0.1) is 0 Å². The van der Waals surface area contributed by atoms with Gasteiger partial charge in [0, 0.05) is 0 Å². The van der Waals surface area contributed by atoms with Gasteiger partial charge in [0.25, 0.3) is 0 Å². The molecule has 22 heavy (non-hydrogen) atoms. The summed E-state index contributed by atoms with van der Waals surface area (Å²) in [5.41, 5.74) is 0. The Bertz CT molecular complexity index is 216. The summed E-state index contributed by atoms with van der Waals surface area (Å²) >= 11 is 0. The van der Waals surface area contributed by atoms with E-state index in [1.54, 1.807) is 0 Å². The highest BCUT2D eigenvalue weighted by Gasteiger charge is 1.89. The molecule has 0 saturated heterocycles. The average molecular weight is 309 g/mol. The molecule has 0 spiro atoms. The van der Waals surface area contributed by atoms with Gasteiger partial charge in [-0.25, -0.2) is 0 Å². The van der Waals surface area contributed by atoms with Gasteiger partial charge in [-0.05, 0) is 31.8 Å². The first kappa shape index (κ1) is 21.3. The van der Waals surface area contributed by atoms with Crippen molar-refractivity contribution in [3.8, 4) is 0 Å². The average Bonchev–Trinajstić information content (AvgIpc) is 2.54. The zero-order valence-electron chi connectivity index (χ0n) is 15.3. The summed E-state index contributed by atoms with van der Waals surface area (Å²) in [5.74, 6) is 0. The number of hydrogen-bond acceptors (Lipinski definition) is 1. The Morgan fingerprint density at radius 2 is 1.05 bits per heavy atom. The van der Waals surface area contributed by atoms with Crippen LogP contribution in [0.4, 0.5) is 0 Å². The monoisotopic (exact) mass is 308 g/mol. The Balaban J connectivity index is 3.14. The minimum atomic E-state index is 0.725. The molecule has 0 aliphatic heterocycles. The summed E-state index contributed by atoms with van der Waals surface area (Å²) in [7, 11) is 0. The molecule has 0 heterocycles. The molecule has 0 atom stereocenters. The largest absolute Gasteiger partial charge is 0.497 e. The van der Waals surface area contributed by atoms with Crippen LogP contribution in [0.3, 0.4) is 0 Å². The van der Waals surface area contributed by atoms with Crippen LogP contribution in [0.5, 0.6) is 0 Å². The van der Waals surface area contributed by atoms with Crippen LogP contribution in [-0.4, -0.2) is 6.61 Å². The molecular weight excluding hydrogens is 268 g/mol. The maximum absolute atomic E-state index is 5.47. The van der Waals surface area contributed by atoms with Crippen molar-refractivity contribution in [1.82, 2.24) is 0 Å². The van der Waals surface area contributed by atoms with Crippen molar-refractivity contribution in [1.29, 1.82) is 0 Å². The molecule has 1 nitrogen and oxygen atoms in total. The molecule has 0 aromatic heterocycles. The quantitative estimate of drug-likeness (QED) is 0.153. The SMILES string of the molecule is CCCCCCCC/C=C/CO/C=C/CCCCCCCC. The van der Waals surface area contributed by atoms with Gasteiger partial charge in [0.05, 0.1) is 6.26 Å². The predicted molar refractivity (Wildman–Crippen MR) is 100 cm³/mol. The molecule has 1 heteroatoms. The van der Waals surface area contributed by atoms with Crippen LogP contribution in [0.25, 0.3) is 0 Å². The van der Waals surface area contributed by atoms with Crippen molar-refractivity contribution in [2.75, 3.05) is 6.61 Å². The fourth-order valence-corrected chi connectivity index (χ4v) is 2.52. The van der Waals surface area contributed by atoms with Gasteiger partial charge in [-0.3, -0.25) is 0 Å². The summed E-state index contributed by atoms with van der Waals surface area (Å²) in [6.07, 6.45) is 27.3. The van der Waals surface area contributed by atoms with Crippen molar-refractivity contribution < 1.29 is 4.74 Å². The fourth-order valence-electron chi connectivity index (χ4n) is 2.52. The Morgan fingerprint density at radius 1 is 0.545 bits per heavy atom. The molecule has 0 aromatic rings. The van der Waals surface area contributed by atoms with Gasteiger partial charge in [0.2, 0.25) is 0 Å². The highest BCUT2D eigenvalue weighted by molar-refractivity contribution is 4.83. The fraction of sp³-hybridized carbons (Fsp3) is 0.810. The number of rotatable bonds is 17. The summed E-state index contributed by atoms with van der Waals surface area (Å²) in [6, 6.07) is 0. The van der Waals surface area contributed by atoms with E-state index < -0.39 is 0 Å². The lowest BCUT2D eigenvalue weighted by Crippen LogP contribution is -1.82. The maximum atomic E-state index is 5.47. The number of unbranched alkanes of at least 4 members (excludes halogenated alkanes) is 12. The predicted octanol–water partition coefficient (Wildman–Crippen LogP) is 7.57. The van der Waals surface area contributed by atoms with E-state index in [0.717, 1.165) is 13.0 Å². The van der Waals surface area contributed by atoms with Gasteiger partial charge in [-0.1, -0.05) is 90.2 Å². The first-order chi connectivity index (χ1) is 10.9. The van der Waals surface area contributed by atoms with Crippen LogP contribution in [0.1, 0.15) is 104 Å². The molecule has 0 saturated carbocycles. The van der Waals surface area contributed by atoms with Gasteiger partial charge in [-0.15, -0.1) is 0 Å². The van der Waals surface area contributed by atoms with Crippen molar-refractivity contribution >= 4 is 0 Å². The lowest BCUT2D eigenvalue weighted by molar-refractivity contribution is 0.288. The van der Waals surface area contributed by atoms with Crippen LogP contribution in [0.15, 0.2) is 24.5 Å². The van der Waals surface area contributed by atoms with Gasteiger partial charge in [0.1, 0.15) is 6.61 Å². The lowest BCUT2D eigenvalue weighted by atomic mass is 10.1. The number of allylic oxidation sites excluding steroid dienone is 2. The van der Waals surface area contributed by atoms with Crippen molar-refractivity contribution in [2.45, 2.75) is 104 Å². The molecule has 0 rings (SSSR count). The molecule has 0 aliphatic rings. The molecule has 0 aliphatic carbocycles. The molecule has 0 fully saturated rings. The third-order valence-electron chi connectivity index (χ3n) is 4.00. The van der Waals surface area contributed by atoms with E-state index in [0.29, 0.717) is 0 Å². The topological polar surface area (TPSA) is 9.23 Å². The summed E-state index contributed by atoms with van der Waals surface area (Å²) < 4.78 is 5.47. The molecule has 0 unspecified atom stereocenters. The normalized spacial score (nSPS) is 11.7. The third kappa shape index (κ3) is 19.3. The highest BCUT2D eigenvalue weighted by atomic mass is 16.5. The maximum Gasteiger partial charge on any atom is 0.105 e. The van der Waals surface area contributed by atoms with E-state index in [4.69, 9.17) is 4.74 Å². The molecule has 0 N–H and O–H groups in total. The third-order valence-corrected chi connectivity index (χ3v) is 4.00. The Morgan fingerprint density at radius 3 is 1.64 bits per heavy atom. The zero-order chi connectivity index (χ0) is 16.1. The second-order valence-electron chi connectivity index (χ2n) is 6.29. The smallest absolute Gasteiger partial charge is 0.105 e. The molecular formula is C21H40O. The summed E-state index contributed by atoms with van der Waals surface area (Å²) in [4.78, 5) is 0. The molecule has 0 bridgehead atoms. The van der Waals surface area contributed by atoms with Gasteiger partial charge >= 0.3 is 0 Å². The number of ether oxygens (including phenoxy) is 1. The van der Waals surface area contributed by atoms with Crippen LogP contribution < -0.4 is 0 Å². The van der Waals surface area contributed by atoms with Crippen molar-refractivity contribution in [3.05, 3.63) is 24.5 Å². The van der Waals surface area contributed by atoms with E-state index >= 15 is 0 Å². The van der Waals surface area contributed by atoms with Gasteiger partial charge < -0.3 is 4.74 Å². The molecule has 130 valence electrons. The second kappa shape index (κ2) is 20.3.